The lowest BCUT2D eigenvalue weighted by molar-refractivity contribution is -0.659. The molecule has 0 saturated heterocycles. The average Bonchev–Trinajstić information content (AvgIpc) is 3.74. The monoisotopic (exact) mass is 632 g/mol. The van der Waals surface area contributed by atoms with Crippen LogP contribution in [0.4, 0.5) is 22.0 Å². The zero-order chi connectivity index (χ0) is 30.3. The number of rotatable bonds is 7. The molecule has 1 atom stereocenters. The second-order valence-electron chi connectivity index (χ2n) is 9.29. The molecule has 6 rings (SSSR count). The minimum atomic E-state index is -4.62. The van der Waals surface area contributed by atoms with Crippen LogP contribution in [0.5, 0.6) is 0 Å². The molecule has 9 nitrogen and oxygen atoms in total. The minimum absolute atomic E-state index is 0.0702. The van der Waals surface area contributed by atoms with Gasteiger partial charge in [0, 0.05) is 29.7 Å². The number of pyridine rings is 2. The Bertz CT molecular complexity index is 1910. The lowest BCUT2D eigenvalue weighted by atomic mass is 10.0. The standard InChI is InChI=1S/C27H16Cl2F5N9/c28-19-2-4-21(43-14-24(29)39-40-43)25(26(19)31)16-1-3-20(36-8-16)22(13-41-12-18(30)10-37-41)42-11-17(9-38-42)15-5-6-35-23(7-15)27(32,33)34/h1-12,14,22H,13H2/p+1/t22-/m0/s1. The lowest BCUT2D eigenvalue weighted by Crippen LogP contribution is -2.33. The molecule has 0 unspecified atom stereocenters. The smallest absolute Gasteiger partial charge is 0.267 e. The quantitative estimate of drug-likeness (QED) is 0.170. The van der Waals surface area contributed by atoms with E-state index in [9.17, 15) is 17.6 Å². The maximum Gasteiger partial charge on any atom is 0.433 e. The fourth-order valence-corrected chi connectivity index (χ4v) is 4.80. The molecule has 0 amide bonds. The van der Waals surface area contributed by atoms with Crippen molar-refractivity contribution in [3.8, 4) is 27.9 Å². The second kappa shape index (κ2) is 11.2. The van der Waals surface area contributed by atoms with Gasteiger partial charge < -0.3 is 0 Å². The van der Waals surface area contributed by atoms with E-state index in [1.54, 1.807) is 24.4 Å². The normalized spacial score (nSPS) is 12.5. The van der Waals surface area contributed by atoms with E-state index in [1.165, 1.54) is 51.0 Å². The molecule has 1 N–H and O–H groups in total. The SMILES string of the molecule is Fc1cnn(C[C@@H](c2ccc(-c3c(-[n+]4cc(Cl)n[nH]4)ccc(Cl)c3F)cn2)n2cc(-c3ccnc(C(F)(F)F)c3)cn2)c1. The fraction of sp³-hybridized carbons (Fsp3) is 0.111. The first-order valence-corrected chi connectivity index (χ1v) is 13.2. The van der Waals surface area contributed by atoms with E-state index in [1.807, 2.05) is 0 Å². The van der Waals surface area contributed by atoms with Gasteiger partial charge in [0.25, 0.3) is 0 Å². The number of hydrogen-bond donors (Lipinski definition) is 1. The van der Waals surface area contributed by atoms with Crippen LogP contribution in [0.1, 0.15) is 17.4 Å². The third-order valence-electron chi connectivity index (χ3n) is 6.52. The third kappa shape index (κ3) is 5.83. The topological polar surface area (TPSA) is 94.0 Å². The van der Waals surface area contributed by atoms with Crippen molar-refractivity contribution in [2.75, 3.05) is 0 Å². The Hall–Kier alpha value is -4.69. The van der Waals surface area contributed by atoms with Crippen LogP contribution in [-0.2, 0) is 12.7 Å². The molecule has 1 aromatic carbocycles. The molecule has 0 fully saturated rings. The van der Waals surface area contributed by atoms with Crippen molar-refractivity contribution in [3.63, 3.8) is 0 Å². The summed E-state index contributed by atoms with van der Waals surface area (Å²) in [4.78, 5) is 7.95. The summed E-state index contributed by atoms with van der Waals surface area (Å²) >= 11 is 12.0. The molecule has 6 aromatic rings. The predicted molar refractivity (Wildman–Crippen MR) is 144 cm³/mol. The van der Waals surface area contributed by atoms with Gasteiger partial charge in [0.2, 0.25) is 0 Å². The van der Waals surface area contributed by atoms with Gasteiger partial charge in [-0.1, -0.05) is 22.9 Å². The Morgan fingerprint density at radius 3 is 2.42 bits per heavy atom. The number of H-pyrrole nitrogens is 1. The van der Waals surface area contributed by atoms with Gasteiger partial charge in [0.15, 0.2) is 23.5 Å². The van der Waals surface area contributed by atoms with E-state index in [4.69, 9.17) is 23.2 Å². The van der Waals surface area contributed by atoms with E-state index in [-0.39, 0.29) is 27.8 Å². The first kappa shape index (κ1) is 28.4. The number of halogens is 7. The molecule has 0 bridgehead atoms. The highest BCUT2D eigenvalue weighted by atomic mass is 35.5. The summed E-state index contributed by atoms with van der Waals surface area (Å²) < 4.78 is 73.0. The van der Waals surface area contributed by atoms with E-state index in [2.05, 4.69) is 30.5 Å². The Kier molecular flexibility index (Phi) is 7.40. The summed E-state index contributed by atoms with van der Waals surface area (Å²) in [6, 6.07) is 7.91. The molecule has 0 radical (unpaired) electrons. The molecular weight excluding hydrogens is 616 g/mol. The van der Waals surface area contributed by atoms with Crippen LogP contribution < -0.4 is 4.68 Å². The molecular formula is C27H17Cl2F5N9+. The molecule has 0 aliphatic heterocycles. The van der Waals surface area contributed by atoms with Crippen LogP contribution in [0.25, 0.3) is 27.9 Å². The lowest BCUT2D eigenvalue weighted by Gasteiger charge is -2.18. The van der Waals surface area contributed by atoms with Crippen molar-refractivity contribution in [2.45, 2.75) is 18.8 Å². The van der Waals surface area contributed by atoms with Gasteiger partial charge in [-0.2, -0.15) is 23.4 Å². The van der Waals surface area contributed by atoms with E-state index in [0.29, 0.717) is 22.5 Å². The zero-order valence-electron chi connectivity index (χ0n) is 21.5. The fourth-order valence-electron chi connectivity index (χ4n) is 4.51. The maximum absolute atomic E-state index is 15.3. The molecule has 218 valence electrons. The van der Waals surface area contributed by atoms with Crippen LogP contribution in [-0.4, -0.2) is 39.8 Å². The number of benzene rings is 1. The largest absolute Gasteiger partial charge is 0.433 e. The highest BCUT2D eigenvalue weighted by Gasteiger charge is 2.32. The highest BCUT2D eigenvalue weighted by Crippen LogP contribution is 2.33. The maximum atomic E-state index is 15.3. The summed E-state index contributed by atoms with van der Waals surface area (Å²) in [7, 11) is 0. The molecule has 0 saturated carbocycles. The van der Waals surface area contributed by atoms with Gasteiger partial charge in [-0.05, 0) is 47.5 Å². The predicted octanol–water partition coefficient (Wildman–Crippen LogP) is 6.10. The van der Waals surface area contributed by atoms with Gasteiger partial charge in [0.1, 0.15) is 11.7 Å². The van der Waals surface area contributed by atoms with Crippen LogP contribution in [0.2, 0.25) is 10.2 Å². The van der Waals surface area contributed by atoms with Crippen molar-refractivity contribution in [3.05, 3.63) is 113 Å². The van der Waals surface area contributed by atoms with Gasteiger partial charge in [-0.15, -0.1) is 4.68 Å². The first-order valence-electron chi connectivity index (χ1n) is 12.4. The zero-order valence-corrected chi connectivity index (χ0v) is 23.0. The summed E-state index contributed by atoms with van der Waals surface area (Å²) in [5.74, 6) is -1.25. The van der Waals surface area contributed by atoms with Gasteiger partial charge in [-0.25, -0.2) is 8.78 Å². The summed E-state index contributed by atoms with van der Waals surface area (Å²) in [5.41, 5.74) is 0.901. The van der Waals surface area contributed by atoms with Crippen LogP contribution in [0.15, 0.2) is 79.8 Å². The Balaban J connectivity index is 1.39. The first-order chi connectivity index (χ1) is 20.6. The second-order valence-corrected chi connectivity index (χ2v) is 10.1. The Labute approximate surface area is 249 Å². The number of alkyl halides is 3. The number of aromatic nitrogens is 9. The summed E-state index contributed by atoms with van der Waals surface area (Å²) in [6.45, 7) is 0.0702. The number of hydrogen-bond acceptors (Lipinski definition) is 5. The van der Waals surface area contributed by atoms with Crippen molar-refractivity contribution >= 4 is 23.2 Å². The van der Waals surface area contributed by atoms with Gasteiger partial charge in [0.05, 0.1) is 46.5 Å². The molecule has 5 heterocycles. The number of nitrogens with zero attached hydrogens (tertiary/aromatic N) is 8. The molecule has 0 spiro atoms. The summed E-state index contributed by atoms with van der Waals surface area (Å²) in [6.07, 6.45) is 4.53. The van der Waals surface area contributed by atoms with Crippen molar-refractivity contribution in [1.29, 1.82) is 0 Å². The number of aromatic amines is 1. The highest BCUT2D eigenvalue weighted by molar-refractivity contribution is 6.31. The number of nitrogens with one attached hydrogen (secondary N) is 1. The Morgan fingerprint density at radius 1 is 0.907 bits per heavy atom. The van der Waals surface area contributed by atoms with Gasteiger partial charge >= 0.3 is 11.3 Å². The molecule has 16 heteroatoms. The Morgan fingerprint density at radius 2 is 1.74 bits per heavy atom. The van der Waals surface area contributed by atoms with Crippen molar-refractivity contribution in [1.82, 2.24) is 39.8 Å². The van der Waals surface area contributed by atoms with Crippen LogP contribution in [0, 0.1) is 11.6 Å². The van der Waals surface area contributed by atoms with Crippen molar-refractivity contribution < 1.29 is 26.6 Å². The van der Waals surface area contributed by atoms with Crippen LogP contribution >= 0.6 is 23.2 Å². The van der Waals surface area contributed by atoms with E-state index >= 15 is 4.39 Å². The third-order valence-corrected chi connectivity index (χ3v) is 6.99. The summed E-state index contributed by atoms with van der Waals surface area (Å²) in [5, 5.41) is 14.9. The van der Waals surface area contributed by atoms with Crippen molar-refractivity contribution in [2.24, 2.45) is 0 Å². The minimum Gasteiger partial charge on any atom is -0.267 e. The average molecular weight is 633 g/mol. The van der Waals surface area contributed by atoms with Gasteiger partial charge in [-0.3, -0.25) is 19.3 Å². The molecule has 0 aliphatic carbocycles. The molecule has 5 aromatic heterocycles. The molecule has 0 aliphatic rings. The molecule has 43 heavy (non-hydrogen) atoms. The van der Waals surface area contributed by atoms with Crippen LogP contribution in [0.3, 0.4) is 0 Å². The van der Waals surface area contributed by atoms with E-state index in [0.717, 1.165) is 18.5 Å². The van der Waals surface area contributed by atoms with E-state index < -0.39 is 29.5 Å².